The van der Waals surface area contributed by atoms with E-state index < -0.39 is 5.82 Å². The molecule has 2 N–H and O–H groups in total. The lowest BCUT2D eigenvalue weighted by molar-refractivity contribution is 0.0926. The van der Waals surface area contributed by atoms with Crippen LogP contribution in [0.5, 0.6) is 0 Å². The Kier molecular flexibility index (Phi) is 6.38. The number of fused-ring (bicyclic) bond motifs is 1. The standard InChI is InChI=1S/C26H26ClFN6O/c1-15-23-24(29-16(2)30-25(23)34(33-15)22-9-4-3-8-21(22)27)31-19-10-12-20(13-11-19)32-26(35)17-6-5-7-18(28)14-17/h3-9,14,19-20H,10-13H2,1-2H3,(H,32,35)(H,29,30,31). The largest absolute Gasteiger partial charge is 0.367 e. The van der Waals surface area contributed by atoms with Crippen LogP contribution in [0.15, 0.2) is 48.5 Å². The van der Waals surface area contributed by atoms with Gasteiger partial charge in [-0.2, -0.15) is 5.10 Å². The van der Waals surface area contributed by atoms with E-state index in [1.54, 1.807) is 16.8 Å². The second-order valence-electron chi connectivity index (χ2n) is 8.94. The number of carbonyl (C=O) groups is 1. The number of amides is 1. The molecule has 5 rings (SSSR count). The molecule has 0 bridgehead atoms. The topological polar surface area (TPSA) is 84.7 Å². The Morgan fingerprint density at radius 3 is 2.51 bits per heavy atom. The van der Waals surface area contributed by atoms with Gasteiger partial charge < -0.3 is 10.6 Å². The summed E-state index contributed by atoms with van der Waals surface area (Å²) in [5.74, 6) is 0.751. The molecule has 35 heavy (non-hydrogen) atoms. The number of aromatic nitrogens is 4. The zero-order chi connectivity index (χ0) is 24.5. The molecule has 7 nitrogen and oxygen atoms in total. The van der Waals surface area contributed by atoms with Crippen LogP contribution in [0.25, 0.3) is 16.7 Å². The van der Waals surface area contributed by atoms with Crippen LogP contribution in [0.4, 0.5) is 10.2 Å². The van der Waals surface area contributed by atoms with Gasteiger partial charge in [-0.1, -0.05) is 29.8 Å². The molecule has 2 aromatic carbocycles. The summed E-state index contributed by atoms with van der Waals surface area (Å²) in [6, 6.07) is 13.6. The van der Waals surface area contributed by atoms with Gasteiger partial charge in [-0.15, -0.1) is 0 Å². The molecular formula is C26H26ClFN6O. The average Bonchev–Trinajstić information content (AvgIpc) is 3.16. The summed E-state index contributed by atoms with van der Waals surface area (Å²) in [7, 11) is 0. The molecule has 0 unspecified atom stereocenters. The minimum absolute atomic E-state index is 0.0562. The van der Waals surface area contributed by atoms with Crippen LogP contribution < -0.4 is 10.6 Å². The number of benzene rings is 2. The first kappa shape index (κ1) is 23.2. The van der Waals surface area contributed by atoms with Crippen molar-refractivity contribution in [1.29, 1.82) is 0 Å². The molecule has 0 saturated heterocycles. The lowest BCUT2D eigenvalue weighted by atomic mass is 9.91. The Balaban J connectivity index is 1.31. The van der Waals surface area contributed by atoms with E-state index in [1.807, 2.05) is 38.1 Å². The summed E-state index contributed by atoms with van der Waals surface area (Å²) in [4.78, 5) is 21.8. The molecule has 0 atom stereocenters. The third-order valence-corrected chi connectivity index (χ3v) is 6.70. The van der Waals surface area contributed by atoms with Crippen LogP contribution in [0.3, 0.4) is 0 Å². The van der Waals surface area contributed by atoms with Gasteiger partial charge in [-0.05, 0) is 69.9 Å². The maximum Gasteiger partial charge on any atom is 0.251 e. The Morgan fingerprint density at radius 2 is 1.77 bits per heavy atom. The van der Waals surface area contributed by atoms with Crippen molar-refractivity contribution in [3.8, 4) is 5.69 Å². The van der Waals surface area contributed by atoms with Crippen LogP contribution in [0.1, 0.15) is 47.6 Å². The molecule has 2 aromatic heterocycles. The van der Waals surface area contributed by atoms with Crippen LogP contribution in [0, 0.1) is 19.7 Å². The number of rotatable bonds is 5. The maximum absolute atomic E-state index is 13.4. The summed E-state index contributed by atoms with van der Waals surface area (Å²) < 4.78 is 15.2. The van der Waals surface area contributed by atoms with Gasteiger partial charge in [0, 0.05) is 17.6 Å². The molecule has 1 saturated carbocycles. The summed E-state index contributed by atoms with van der Waals surface area (Å²) in [5, 5.41) is 12.8. The SMILES string of the molecule is Cc1nc(NC2CCC(NC(=O)c3cccc(F)c3)CC2)c2c(C)nn(-c3ccccc3Cl)c2n1. The molecule has 0 aliphatic heterocycles. The highest BCUT2D eigenvalue weighted by Crippen LogP contribution is 2.31. The Morgan fingerprint density at radius 1 is 1.03 bits per heavy atom. The number of carbonyl (C=O) groups excluding carboxylic acids is 1. The molecule has 9 heteroatoms. The second-order valence-corrected chi connectivity index (χ2v) is 9.35. The monoisotopic (exact) mass is 492 g/mol. The van der Waals surface area contributed by atoms with Gasteiger partial charge in [0.15, 0.2) is 5.65 Å². The minimum atomic E-state index is -0.412. The Labute approximate surface area is 207 Å². The third kappa shape index (κ3) is 4.84. The van der Waals surface area contributed by atoms with E-state index in [2.05, 4.69) is 20.6 Å². The normalized spacial score (nSPS) is 17.9. The highest BCUT2D eigenvalue weighted by molar-refractivity contribution is 6.32. The molecule has 0 radical (unpaired) electrons. The fourth-order valence-corrected chi connectivity index (χ4v) is 4.88. The Hall–Kier alpha value is -3.52. The number of anilines is 1. The van der Waals surface area contributed by atoms with Crippen molar-refractivity contribution in [2.75, 3.05) is 5.32 Å². The van der Waals surface area contributed by atoms with Gasteiger partial charge in [-0.25, -0.2) is 19.0 Å². The van der Waals surface area contributed by atoms with Crippen molar-refractivity contribution in [2.24, 2.45) is 0 Å². The van der Waals surface area contributed by atoms with E-state index in [1.165, 1.54) is 12.1 Å². The van der Waals surface area contributed by atoms with Crippen molar-refractivity contribution in [2.45, 2.75) is 51.6 Å². The zero-order valence-corrected chi connectivity index (χ0v) is 20.3. The summed E-state index contributed by atoms with van der Waals surface area (Å²) in [6.45, 7) is 3.81. The molecule has 0 spiro atoms. The van der Waals surface area contributed by atoms with Gasteiger partial charge in [0.25, 0.3) is 5.91 Å². The minimum Gasteiger partial charge on any atom is -0.367 e. The molecule has 1 fully saturated rings. The van der Waals surface area contributed by atoms with Gasteiger partial charge >= 0.3 is 0 Å². The summed E-state index contributed by atoms with van der Waals surface area (Å²) in [5.41, 5.74) is 2.64. The lowest BCUT2D eigenvalue weighted by Gasteiger charge is -2.30. The van der Waals surface area contributed by atoms with E-state index in [4.69, 9.17) is 16.7 Å². The first-order valence-corrected chi connectivity index (χ1v) is 12.1. The highest BCUT2D eigenvalue weighted by atomic mass is 35.5. The van der Waals surface area contributed by atoms with Crippen molar-refractivity contribution in [1.82, 2.24) is 25.1 Å². The van der Waals surface area contributed by atoms with Gasteiger partial charge in [0.1, 0.15) is 17.5 Å². The smallest absolute Gasteiger partial charge is 0.251 e. The maximum atomic E-state index is 13.4. The fourth-order valence-electron chi connectivity index (χ4n) is 4.66. The summed E-state index contributed by atoms with van der Waals surface area (Å²) >= 11 is 6.43. The molecule has 1 amide bonds. The van der Waals surface area contributed by atoms with Gasteiger partial charge in [0.2, 0.25) is 0 Å². The van der Waals surface area contributed by atoms with E-state index in [-0.39, 0.29) is 18.0 Å². The predicted molar refractivity (Wildman–Crippen MR) is 135 cm³/mol. The molecule has 1 aliphatic carbocycles. The van der Waals surface area contributed by atoms with Crippen LogP contribution in [0.2, 0.25) is 5.02 Å². The summed E-state index contributed by atoms with van der Waals surface area (Å²) in [6.07, 6.45) is 3.39. The lowest BCUT2D eigenvalue weighted by Crippen LogP contribution is -2.40. The van der Waals surface area contributed by atoms with Crippen LogP contribution in [-0.2, 0) is 0 Å². The fraction of sp³-hybridized carbons (Fsp3) is 0.308. The van der Waals surface area contributed by atoms with Crippen LogP contribution in [-0.4, -0.2) is 37.7 Å². The van der Waals surface area contributed by atoms with Gasteiger partial charge in [-0.3, -0.25) is 4.79 Å². The van der Waals surface area contributed by atoms with Crippen LogP contribution >= 0.6 is 11.6 Å². The van der Waals surface area contributed by atoms with E-state index in [9.17, 15) is 9.18 Å². The number of aryl methyl sites for hydroxylation is 2. The second kappa shape index (κ2) is 9.62. The molecule has 4 aromatic rings. The molecular weight excluding hydrogens is 467 g/mol. The first-order chi connectivity index (χ1) is 16.9. The molecule has 180 valence electrons. The quantitative estimate of drug-likeness (QED) is 0.391. The predicted octanol–water partition coefficient (Wildman–Crippen LogP) is 5.38. The number of nitrogens with one attached hydrogen (secondary N) is 2. The van der Waals surface area contributed by atoms with E-state index in [0.29, 0.717) is 22.1 Å². The van der Waals surface area contributed by atoms with Crippen molar-refractivity contribution < 1.29 is 9.18 Å². The third-order valence-electron chi connectivity index (χ3n) is 6.38. The number of para-hydroxylation sites is 1. The van der Waals surface area contributed by atoms with E-state index >= 15 is 0 Å². The van der Waals surface area contributed by atoms with Crippen molar-refractivity contribution in [3.63, 3.8) is 0 Å². The zero-order valence-electron chi connectivity index (χ0n) is 19.6. The Bertz CT molecular complexity index is 1400. The molecule has 1 aliphatic rings. The highest BCUT2D eigenvalue weighted by Gasteiger charge is 2.25. The number of nitrogens with zero attached hydrogens (tertiary/aromatic N) is 4. The first-order valence-electron chi connectivity index (χ1n) is 11.7. The van der Waals surface area contributed by atoms with Gasteiger partial charge in [0.05, 0.1) is 21.8 Å². The van der Waals surface area contributed by atoms with Crippen molar-refractivity contribution >= 4 is 34.4 Å². The number of halogens is 2. The molecule has 2 heterocycles. The number of hydrogen-bond acceptors (Lipinski definition) is 5. The van der Waals surface area contributed by atoms with E-state index in [0.717, 1.165) is 48.3 Å². The average molecular weight is 493 g/mol. The number of hydrogen-bond donors (Lipinski definition) is 2. The van der Waals surface area contributed by atoms with Crippen molar-refractivity contribution in [3.05, 3.63) is 76.5 Å².